The van der Waals surface area contributed by atoms with Crippen molar-refractivity contribution in [1.29, 1.82) is 0 Å². The molecule has 0 bridgehead atoms. The second kappa shape index (κ2) is 11.4. The lowest BCUT2D eigenvalue weighted by atomic mass is 9.94. The molecule has 8 heteroatoms. The number of ketones is 1. The van der Waals surface area contributed by atoms with Gasteiger partial charge in [-0.2, -0.15) is 0 Å². The number of hydrogen-bond acceptors (Lipinski definition) is 4. The molecule has 0 radical (unpaired) electrons. The number of aryl methyl sites for hydroxylation is 1. The monoisotopic (exact) mass is 538 g/mol. The van der Waals surface area contributed by atoms with Gasteiger partial charge in [0.2, 0.25) is 5.78 Å². The quantitative estimate of drug-likeness (QED) is 0.271. The van der Waals surface area contributed by atoms with Crippen LogP contribution < -0.4 is 14.7 Å². The number of carbonyl (C=O) groups excluding carboxylic acids is 2. The molecule has 1 aliphatic rings. The summed E-state index contributed by atoms with van der Waals surface area (Å²) in [6.45, 7) is 3.14. The van der Waals surface area contributed by atoms with Gasteiger partial charge >= 0.3 is 0 Å². The average Bonchev–Trinajstić information content (AvgIpc) is 3.13. The molecule has 6 nitrogen and oxygen atoms in total. The summed E-state index contributed by atoms with van der Waals surface area (Å²) in [6, 6.07) is 18.8. The van der Waals surface area contributed by atoms with Crippen molar-refractivity contribution in [2.24, 2.45) is 0 Å². The van der Waals surface area contributed by atoms with Crippen molar-refractivity contribution in [3.8, 4) is 5.75 Å². The molecule has 37 heavy (non-hydrogen) atoms. The van der Waals surface area contributed by atoms with Crippen LogP contribution in [-0.4, -0.2) is 43.8 Å². The molecule has 1 aliphatic heterocycles. The highest BCUT2D eigenvalue weighted by Gasteiger charge is 2.44. The number of benzene rings is 3. The lowest BCUT2D eigenvalue weighted by Crippen LogP contribution is -3.06. The van der Waals surface area contributed by atoms with E-state index in [0.717, 1.165) is 16.0 Å². The molecule has 1 amide bonds. The maximum atomic E-state index is 13.7. The average molecular weight is 539 g/mol. The summed E-state index contributed by atoms with van der Waals surface area (Å²) in [5, 5.41) is 14.4. The number of nitrogens with one attached hydrogen (secondary N) is 1. The van der Waals surface area contributed by atoms with E-state index in [1.807, 2.05) is 51.4 Å². The van der Waals surface area contributed by atoms with Gasteiger partial charge in [0.1, 0.15) is 12.4 Å². The third-order valence-electron chi connectivity index (χ3n) is 6.32. The molecule has 0 saturated carbocycles. The molecule has 192 valence electrons. The van der Waals surface area contributed by atoms with Gasteiger partial charge in [0.25, 0.3) is 5.91 Å². The van der Waals surface area contributed by atoms with Crippen LogP contribution in [0.3, 0.4) is 0 Å². The Morgan fingerprint density at radius 1 is 1.00 bits per heavy atom. The number of nitrogens with zero attached hydrogens (tertiary/aromatic N) is 1. The number of quaternary nitrogens is 1. The molecule has 0 aliphatic carbocycles. The Bertz CT molecular complexity index is 1360. The largest absolute Gasteiger partial charge is 0.872 e. The summed E-state index contributed by atoms with van der Waals surface area (Å²) in [5.41, 5.74) is 2.56. The lowest BCUT2D eigenvalue weighted by molar-refractivity contribution is -0.857. The van der Waals surface area contributed by atoms with Gasteiger partial charge < -0.3 is 19.6 Å². The number of ether oxygens (including phenoxy) is 1. The summed E-state index contributed by atoms with van der Waals surface area (Å²) in [7, 11) is 3.91. The van der Waals surface area contributed by atoms with Gasteiger partial charge in [-0.3, -0.25) is 9.59 Å². The first-order valence-corrected chi connectivity index (χ1v) is 12.7. The predicted molar refractivity (Wildman–Crippen MR) is 142 cm³/mol. The summed E-state index contributed by atoms with van der Waals surface area (Å²) >= 11 is 12.4. The van der Waals surface area contributed by atoms with Crippen molar-refractivity contribution < 1.29 is 24.3 Å². The van der Waals surface area contributed by atoms with Crippen LogP contribution in [-0.2, 0) is 16.2 Å². The molecule has 3 aromatic rings. The number of rotatable bonds is 8. The Kier molecular flexibility index (Phi) is 8.22. The maximum Gasteiger partial charge on any atom is 0.295 e. The minimum atomic E-state index is -0.851. The van der Waals surface area contributed by atoms with E-state index in [4.69, 9.17) is 27.9 Å². The van der Waals surface area contributed by atoms with Crippen molar-refractivity contribution >= 4 is 40.7 Å². The number of likely N-dealkylation sites (N-methyl/N-ethyl adjacent to an activating group) is 1. The van der Waals surface area contributed by atoms with Crippen LogP contribution in [0.15, 0.2) is 72.3 Å². The SMILES string of the molecule is Cc1cc(C([O-])=C2C(=O)C(=O)N(CC[NH+](C)C)C2c2ccc(Cl)c(Cl)c2)ccc1OCc1ccccc1. The fourth-order valence-corrected chi connectivity index (χ4v) is 4.62. The standard InChI is InChI=1S/C29H28Cl2N2O4/c1-18-15-21(10-12-24(18)37-17-19-7-5-4-6-8-19)27(34)25-26(20-9-11-22(30)23(31)16-20)33(14-13-32(2)3)29(36)28(25)35/h4-12,15-16,26,34H,13-14,17H2,1-3H3. The van der Waals surface area contributed by atoms with Crippen LogP contribution in [0.1, 0.15) is 28.3 Å². The molecule has 0 aromatic heterocycles. The third kappa shape index (κ3) is 5.82. The van der Waals surface area contributed by atoms with Crippen LogP contribution in [0.2, 0.25) is 10.0 Å². The molecule has 1 saturated heterocycles. The summed E-state index contributed by atoms with van der Waals surface area (Å²) in [4.78, 5) is 28.8. The van der Waals surface area contributed by atoms with Crippen molar-refractivity contribution in [3.05, 3.63) is 105 Å². The summed E-state index contributed by atoms with van der Waals surface area (Å²) in [6.07, 6.45) is 0. The van der Waals surface area contributed by atoms with E-state index in [1.165, 1.54) is 4.90 Å². The van der Waals surface area contributed by atoms with Crippen LogP contribution in [0.25, 0.3) is 5.76 Å². The van der Waals surface area contributed by atoms with Crippen molar-refractivity contribution in [2.75, 3.05) is 27.2 Å². The highest BCUT2D eigenvalue weighted by atomic mass is 35.5. The van der Waals surface area contributed by atoms with Crippen LogP contribution >= 0.6 is 23.2 Å². The first-order valence-electron chi connectivity index (χ1n) is 12.0. The van der Waals surface area contributed by atoms with Gasteiger partial charge in [-0.1, -0.05) is 71.4 Å². The Hall–Kier alpha value is -3.32. The van der Waals surface area contributed by atoms with Crippen LogP contribution in [0, 0.1) is 6.92 Å². The second-order valence-electron chi connectivity index (χ2n) is 9.36. The number of halogens is 2. The first-order chi connectivity index (χ1) is 17.7. The van der Waals surface area contributed by atoms with E-state index < -0.39 is 23.5 Å². The first kappa shape index (κ1) is 26.7. The van der Waals surface area contributed by atoms with Gasteiger partial charge in [0, 0.05) is 5.57 Å². The van der Waals surface area contributed by atoms with E-state index in [1.54, 1.807) is 36.4 Å². The molecule has 1 fully saturated rings. The molecule has 1 unspecified atom stereocenters. The highest BCUT2D eigenvalue weighted by molar-refractivity contribution is 6.46. The maximum absolute atomic E-state index is 13.7. The minimum Gasteiger partial charge on any atom is -0.872 e. The third-order valence-corrected chi connectivity index (χ3v) is 7.05. The van der Waals surface area contributed by atoms with Crippen molar-refractivity contribution in [2.45, 2.75) is 19.6 Å². The number of likely N-dealkylation sites (tertiary alicyclic amines) is 1. The Morgan fingerprint density at radius 2 is 1.73 bits per heavy atom. The smallest absolute Gasteiger partial charge is 0.295 e. The fraction of sp³-hybridized carbons (Fsp3) is 0.241. The molecule has 4 rings (SSSR count). The number of amides is 1. The molecule has 1 N–H and O–H groups in total. The van der Waals surface area contributed by atoms with Crippen LogP contribution in [0.4, 0.5) is 0 Å². The zero-order valence-electron chi connectivity index (χ0n) is 20.9. The normalized spacial score (nSPS) is 17.0. The van der Waals surface area contributed by atoms with Crippen molar-refractivity contribution in [1.82, 2.24) is 4.90 Å². The van der Waals surface area contributed by atoms with E-state index in [-0.39, 0.29) is 10.6 Å². The van der Waals surface area contributed by atoms with E-state index >= 15 is 0 Å². The summed E-state index contributed by atoms with van der Waals surface area (Å²) < 4.78 is 5.93. The Balaban J connectivity index is 1.72. The van der Waals surface area contributed by atoms with Crippen molar-refractivity contribution in [3.63, 3.8) is 0 Å². The van der Waals surface area contributed by atoms with E-state index in [9.17, 15) is 14.7 Å². The van der Waals surface area contributed by atoms with Gasteiger partial charge in [0.05, 0.1) is 43.3 Å². The highest BCUT2D eigenvalue weighted by Crippen LogP contribution is 2.40. The molecule has 0 spiro atoms. The molecule has 1 heterocycles. The lowest BCUT2D eigenvalue weighted by Gasteiger charge is -2.28. The topological polar surface area (TPSA) is 74.1 Å². The zero-order chi connectivity index (χ0) is 26.7. The minimum absolute atomic E-state index is 0.0884. The van der Waals surface area contributed by atoms with E-state index in [0.29, 0.717) is 41.6 Å². The van der Waals surface area contributed by atoms with Gasteiger partial charge in [0.15, 0.2) is 0 Å². The van der Waals surface area contributed by atoms with Gasteiger partial charge in [-0.25, -0.2) is 0 Å². The molecule has 3 aromatic carbocycles. The predicted octanol–water partition coefficient (Wildman–Crippen LogP) is 3.25. The van der Waals surface area contributed by atoms with Crippen LogP contribution in [0.5, 0.6) is 5.75 Å². The molecule has 1 atom stereocenters. The van der Waals surface area contributed by atoms with Gasteiger partial charge in [-0.05, 0) is 53.4 Å². The number of carbonyl (C=O) groups is 2. The Morgan fingerprint density at radius 3 is 2.38 bits per heavy atom. The van der Waals surface area contributed by atoms with E-state index in [2.05, 4.69) is 0 Å². The number of Topliss-reactive ketones (excluding diaryl/α,β-unsaturated/α-hetero) is 1. The molecular weight excluding hydrogens is 511 g/mol. The fourth-order valence-electron chi connectivity index (χ4n) is 4.32. The van der Waals surface area contributed by atoms with Gasteiger partial charge in [-0.15, -0.1) is 0 Å². The summed E-state index contributed by atoms with van der Waals surface area (Å²) in [5.74, 6) is -1.35. The zero-order valence-corrected chi connectivity index (χ0v) is 22.4. The second-order valence-corrected chi connectivity index (χ2v) is 10.2. The number of hydrogen-bond donors (Lipinski definition) is 1. The Labute approximate surface area is 226 Å². The molecular formula is C29H28Cl2N2O4.